The number of carboxylic acid groups (broad SMARTS) is 1. The van der Waals surface area contributed by atoms with Crippen LogP contribution >= 0.6 is 0 Å². The van der Waals surface area contributed by atoms with E-state index in [1.165, 1.54) is 12.2 Å². The summed E-state index contributed by atoms with van der Waals surface area (Å²) in [4.78, 5) is 20.7. The summed E-state index contributed by atoms with van der Waals surface area (Å²) in [5, 5.41) is 8.20. The van der Waals surface area contributed by atoms with E-state index in [0.717, 1.165) is 0 Å². The molecule has 1 radical (unpaired) electrons. The first-order valence-corrected chi connectivity index (χ1v) is 2.71. The molecule has 0 bridgehead atoms. The van der Waals surface area contributed by atoms with Crippen LogP contribution in [0, 0.1) is 5.92 Å². The number of hydrogen-bond acceptors (Lipinski definition) is 2. The van der Waals surface area contributed by atoms with Crippen LogP contribution in [0.4, 0.5) is 0 Å². The topological polar surface area (TPSA) is 54.4 Å². The van der Waals surface area contributed by atoms with Crippen molar-refractivity contribution >= 4 is 11.8 Å². The van der Waals surface area contributed by atoms with E-state index in [-0.39, 0.29) is 25.4 Å². The summed E-state index contributed by atoms with van der Waals surface area (Å²) in [5.74, 6) is -2.04. The van der Waals surface area contributed by atoms with Gasteiger partial charge in [-0.25, -0.2) is 4.79 Å². The van der Waals surface area contributed by atoms with Gasteiger partial charge in [0.15, 0.2) is 0 Å². The van der Waals surface area contributed by atoms with Crippen LogP contribution in [0.5, 0.6) is 0 Å². The van der Waals surface area contributed by atoms with Gasteiger partial charge in [-0.2, -0.15) is 0 Å². The van der Waals surface area contributed by atoms with Crippen molar-refractivity contribution in [1.29, 1.82) is 0 Å². The number of hydrogen-bond donors (Lipinski definition) is 1. The molecule has 0 aliphatic heterocycles. The van der Waals surface area contributed by atoms with E-state index < -0.39 is 11.8 Å². The number of Topliss-reactive ketones (excluding diaryl/α,β-unsaturated/α-hetero) is 1. The number of ketones is 1. The number of allylic oxidation sites excluding steroid dienone is 4. The average Bonchev–Trinajstić information content (AvgIpc) is 2.36. The van der Waals surface area contributed by atoms with E-state index >= 15 is 0 Å². The molecule has 0 aromatic rings. The number of carboxylic acids is 1. The predicted octanol–water partition coefficient (Wildman–Crippen LogP) is 0.338. The van der Waals surface area contributed by atoms with Crippen LogP contribution in [0.1, 0.15) is 0 Å². The molecule has 0 atom stereocenters. The van der Waals surface area contributed by atoms with E-state index in [2.05, 4.69) is 0 Å². The molecule has 0 heterocycles. The summed E-state index contributed by atoms with van der Waals surface area (Å²) in [6.07, 6.45) is 6.18. The van der Waals surface area contributed by atoms with Crippen molar-refractivity contribution < 1.29 is 34.2 Å². The average molecular weight is 238 g/mol. The molecular formula is C7H5O3Ru. The van der Waals surface area contributed by atoms with E-state index in [4.69, 9.17) is 5.11 Å². The molecule has 0 unspecified atom stereocenters. The summed E-state index contributed by atoms with van der Waals surface area (Å²) >= 11 is 0. The van der Waals surface area contributed by atoms with Gasteiger partial charge in [0, 0.05) is 19.5 Å². The number of rotatable bonds is 2. The van der Waals surface area contributed by atoms with Crippen LogP contribution in [0.3, 0.4) is 0 Å². The van der Waals surface area contributed by atoms with Crippen molar-refractivity contribution in [2.75, 3.05) is 0 Å². The van der Waals surface area contributed by atoms with Crippen LogP contribution in [0.15, 0.2) is 24.3 Å². The Morgan fingerprint density at radius 3 is 2.00 bits per heavy atom. The molecule has 1 aliphatic carbocycles. The maximum Gasteiger partial charge on any atom is 0.373 e. The van der Waals surface area contributed by atoms with E-state index in [1.54, 1.807) is 12.2 Å². The quantitative estimate of drug-likeness (QED) is 0.557. The Kier molecular flexibility index (Phi) is 3.90. The Morgan fingerprint density at radius 2 is 1.64 bits per heavy atom. The van der Waals surface area contributed by atoms with Gasteiger partial charge in [0.2, 0.25) is 0 Å². The summed E-state index contributed by atoms with van der Waals surface area (Å²) < 4.78 is 0. The summed E-state index contributed by atoms with van der Waals surface area (Å²) in [7, 11) is 0. The van der Waals surface area contributed by atoms with Crippen LogP contribution in [0.2, 0.25) is 0 Å². The summed E-state index contributed by atoms with van der Waals surface area (Å²) in [6, 6.07) is 0. The molecular weight excluding hydrogens is 233 g/mol. The molecule has 0 spiro atoms. The SMILES string of the molecule is O=C(O)C(=O)[C]1C=CC=C1.[Ru]. The summed E-state index contributed by atoms with van der Waals surface area (Å²) in [5.41, 5.74) is 0. The zero-order chi connectivity index (χ0) is 7.56. The molecule has 1 rings (SSSR count). The second kappa shape index (κ2) is 4.19. The first-order chi connectivity index (χ1) is 4.72. The van der Waals surface area contributed by atoms with Crippen molar-refractivity contribution in [3.05, 3.63) is 30.2 Å². The predicted molar refractivity (Wildman–Crippen MR) is 34.2 cm³/mol. The van der Waals surface area contributed by atoms with Crippen molar-refractivity contribution in [2.45, 2.75) is 0 Å². The number of carbonyl (C=O) groups is 2. The standard InChI is InChI=1S/C7H5O3.Ru/c8-6(7(9)10)5-3-1-2-4-5;/h1-4H,(H,9,10);. The largest absolute Gasteiger partial charge is 0.475 e. The molecule has 1 N–H and O–H groups in total. The van der Waals surface area contributed by atoms with Crippen molar-refractivity contribution in [1.82, 2.24) is 0 Å². The van der Waals surface area contributed by atoms with Gasteiger partial charge < -0.3 is 5.11 Å². The minimum Gasteiger partial charge on any atom is -0.475 e. The third kappa shape index (κ3) is 2.39. The van der Waals surface area contributed by atoms with Gasteiger partial charge in [-0.05, 0) is 0 Å². The minimum atomic E-state index is -1.41. The Labute approximate surface area is 76.5 Å². The minimum absolute atomic E-state index is 0. The van der Waals surface area contributed by atoms with E-state index in [1.807, 2.05) is 0 Å². The van der Waals surface area contributed by atoms with E-state index in [9.17, 15) is 9.59 Å². The Morgan fingerprint density at radius 1 is 1.18 bits per heavy atom. The van der Waals surface area contributed by atoms with Gasteiger partial charge in [-0.15, -0.1) is 0 Å². The molecule has 59 valence electrons. The second-order valence-electron chi connectivity index (χ2n) is 1.81. The Hall–Kier alpha value is -0.757. The number of aliphatic carboxylic acids is 1. The van der Waals surface area contributed by atoms with Crippen molar-refractivity contribution in [3.8, 4) is 0 Å². The molecule has 11 heavy (non-hydrogen) atoms. The fourth-order valence-corrected chi connectivity index (χ4v) is 0.649. The number of carbonyl (C=O) groups excluding carboxylic acids is 1. The first-order valence-electron chi connectivity index (χ1n) is 2.71. The maximum absolute atomic E-state index is 10.6. The Bertz CT molecular complexity index is 218. The monoisotopic (exact) mass is 239 g/mol. The second-order valence-corrected chi connectivity index (χ2v) is 1.81. The fraction of sp³-hybridized carbons (Fsp3) is 0. The van der Waals surface area contributed by atoms with Crippen LogP contribution in [-0.4, -0.2) is 16.9 Å². The van der Waals surface area contributed by atoms with Crippen LogP contribution in [0.25, 0.3) is 0 Å². The van der Waals surface area contributed by atoms with Crippen molar-refractivity contribution in [3.63, 3.8) is 0 Å². The molecule has 4 heteroatoms. The summed E-state index contributed by atoms with van der Waals surface area (Å²) in [6.45, 7) is 0. The van der Waals surface area contributed by atoms with Crippen LogP contribution in [-0.2, 0) is 29.1 Å². The van der Waals surface area contributed by atoms with E-state index in [0.29, 0.717) is 0 Å². The molecule has 0 fully saturated rings. The molecule has 3 nitrogen and oxygen atoms in total. The van der Waals surface area contributed by atoms with Gasteiger partial charge in [0.25, 0.3) is 5.78 Å². The first kappa shape index (κ1) is 10.2. The molecule has 0 aromatic heterocycles. The molecule has 0 saturated heterocycles. The Balaban J connectivity index is 0.000001000. The van der Waals surface area contributed by atoms with Gasteiger partial charge >= 0.3 is 5.97 Å². The molecule has 0 aromatic carbocycles. The molecule has 0 saturated carbocycles. The molecule has 0 amide bonds. The van der Waals surface area contributed by atoms with Gasteiger partial charge in [-0.1, -0.05) is 24.3 Å². The normalized spacial score (nSPS) is 14.5. The van der Waals surface area contributed by atoms with Gasteiger partial charge in [-0.3, -0.25) is 4.79 Å². The van der Waals surface area contributed by atoms with Gasteiger partial charge in [0.1, 0.15) is 0 Å². The zero-order valence-electron chi connectivity index (χ0n) is 5.43. The zero-order valence-corrected chi connectivity index (χ0v) is 7.16. The maximum atomic E-state index is 10.6. The third-order valence-electron chi connectivity index (χ3n) is 1.12. The van der Waals surface area contributed by atoms with Crippen LogP contribution < -0.4 is 0 Å². The smallest absolute Gasteiger partial charge is 0.373 e. The van der Waals surface area contributed by atoms with Crippen molar-refractivity contribution in [2.24, 2.45) is 0 Å². The third-order valence-corrected chi connectivity index (χ3v) is 1.12. The fourth-order valence-electron chi connectivity index (χ4n) is 0.649. The molecule has 1 aliphatic rings. The van der Waals surface area contributed by atoms with Gasteiger partial charge in [0.05, 0.1) is 5.92 Å².